The molecule has 0 aromatic carbocycles. The maximum absolute atomic E-state index is 11.7. The summed E-state index contributed by atoms with van der Waals surface area (Å²) in [4.78, 5) is 13.7. The number of hydrogen-bond donors (Lipinski definition) is 0. The molecule has 0 radical (unpaired) electrons. The van der Waals surface area contributed by atoms with Crippen molar-refractivity contribution in [2.45, 2.75) is 108 Å². The van der Waals surface area contributed by atoms with Crippen molar-refractivity contribution in [3.63, 3.8) is 0 Å². The molecule has 7 nitrogen and oxygen atoms in total. The van der Waals surface area contributed by atoms with E-state index in [4.69, 9.17) is 22.3 Å². The van der Waals surface area contributed by atoms with E-state index in [9.17, 15) is 4.79 Å². The van der Waals surface area contributed by atoms with Gasteiger partial charge < -0.3 is 22.0 Å². The van der Waals surface area contributed by atoms with Crippen LogP contribution in [0, 0.1) is 11.3 Å². The zero-order valence-corrected chi connectivity index (χ0v) is 26.0. The van der Waals surface area contributed by atoms with Crippen molar-refractivity contribution in [3.8, 4) is 6.07 Å². The standard InChI is InChI=1S/C21H44N2O5Si4.4CH4/c1-12-25-21(24)20(19-22)15-13-16-23(2)17-14-18-32(11,27-30(6,7)8)28-31(9,10)26-29(3,4)5;;;;/h13,15-16H,12,14,17-18H2,1-11H3;4*1H4/b16-13+,20-15-;;;;. The fourth-order valence-corrected chi connectivity index (χ4v) is 21.4. The highest BCUT2D eigenvalue weighted by Crippen LogP contribution is 2.27. The van der Waals surface area contributed by atoms with Gasteiger partial charge in [-0.05, 0) is 96.7 Å². The molecular formula is C25H60N2O5Si4. The van der Waals surface area contributed by atoms with Crippen molar-refractivity contribution in [1.82, 2.24) is 4.90 Å². The lowest BCUT2D eigenvalue weighted by molar-refractivity contribution is -0.138. The summed E-state index contributed by atoms with van der Waals surface area (Å²) in [7, 11) is -6.23. The van der Waals surface area contributed by atoms with Gasteiger partial charge in [-0.2, -0.15) is 5.26 Å². The molecule has 36 heavy (non-hydrogen) atoms. The number of ether oxygens (including phenoxy) is 1. The Morgan fingerprint density at radius 1 is 0.889 bits per heavy atom. The number of nitriles is 1. The first-order valence-electron chi connectivity index (χ1n) is 11.2. The van der Waals surface area contributed by atoms with Gasteiger partial charge in [-0.1, -0.05) is 29.7 Å². The van der Waals surface area contributed by atoms with E-state index in [-0.39, 0.29) is 41.9 Å². The molecule has 0 aromatic rings. The minimum atomic E-state index is -2.41. The van der Waals surface area contributed by atoms with Crippen LogP contribution in [0.15, 0.2) is 23.9 Å². The molecule has 1 unspecified atom stereocenters. The van der Waals surface area contributed by atoms with Gasteiger partial charge in [0.1, 0.15) is 11.6 Å². The molecule has 1 atom stereocenters. The highest BCUT2D eigenvalue weighted by atomic mass is 28.5. The fraction of sp³-hybridized carbons (Fsp3) is 0.760. The van der Waals surface area contributed by atoms with E-state index >= 15 is 0 Å². The van der Waals surface area contributed by atoms with Crippen LogP contribution in [0.5, 0.6) is 0 Å². The molecule has 0 heterocycles. The molecule has 0 N–H and O–H groups in total. The summed E-state index contributed by atoms with van der Waals surface area (Å²) in [6, 6.07) is 2.75. The van der Waals surface area contributed by atoms with Crippen LogP contribution in [-0.2, 0) is 21.9 Å². The first-order chi connectivity index (χ1) is 14.4. The molecule has 0 spiro atoms. The Morgan fingerprint density at radius 2 is 1.39 bits per heavy atom. The lowest BCUT2D eigenvalue weighted by atomic mass is 10.3. The first-order valence-corrected chi connectivity index (χ1v) is 23.3. The number of hydrogen-bond acceptors (Lipinski definition) is 7. The molecule has 216 valence electrons. The zero-order chi connectivity index (χ0) is 25.2. The maximum atomic E-state index is 11.7. The van der Waals surface area contributed by atoms with Gasteiger partial charge in [-0.15, -0.1) is 0 Å². The summed E-state index contributed by atoms with van der Waals surface area (Å²) in [5.41, 5.74) is -0.0111. The van der Waals surface area contributed by atoms with Crippen molar-refractivity contribution in [1.29, 1.82) is 5.26 Å². The van der Waals surface area contributed by atoms with E-state index in [1.165, 1.54) is 6.08 Å². The minimum Gasteiger partial charge on any atom is -0.462 e. The monoisotopic (exact) mass is 580 g/mol. The molecule has 11 heteroatoms. The normalized spacial score (nSPS) is 13.7. The molecule has 0 aliphatic carbocycles. The van der Waals surface area contributed by atoms with Crippen molar-refractivity contribution in [2.24, 2.45) is 0 Å². The Morgan fingerprint density at radius 3 is 1.81 bits per heavy atom. The van der Waals surface area contributed by atoms with Crippen molar-refractivity contribution in [3.05, 3.63) is 23.9 Å². The Hall–Kier alpha value is -1.01. The third-order valence-electron chi connectivity index (χ3n) is 3.90. The Balaban J connectivity index is -0.000000801. The largest absolute Gasteiger partial charge is 0.462 e. The highest BCUT2D eigenvalue weighted by Gasteiger charge is 2.44. The number of carbonyl (C=O) groups excluding carboxylic acids is 1. The molecular weight excluding hydrogens is 521 g/mol. The SMILES string of the molecule is C.C.C.C.CCOC(=O)/C(C#N)=C\C=C\N(C)CCC[Si](C)(O[Si](C)(C)C)O[Si](C)(C)O[Si](C)(C)C. The van der Waals surface area contributed by atoms with E-state index in [1.807, 2.05) is 24.2 Å². The molecule has 0 rings (SSSR count). The predicted octanol–water partition coefficient (Wildman–Crippen LogP) is 7.87. The number of esters is 1. The molecule has 0 aliphatic rings. The number of carbonyl (C=O) groups is 1. The van der Waals surface area contributed by atoms with Crippen LogP contribution in [0.3, 0.4) is 0 Å². The van der Waals surface area contributed by atoms with Gasteiger partial charge >= 0.3 is 23.1 Å². The number of nitrogens with zero attached hydrogens (tertiary/aromatic N) is 2. The van der Waals surface area contributed by atoms with Gasteiger partial charge in [0, 0.05) is 13.6 Å². The van der Waals surface area contributed by atoms with E-state index in [0.29, 0.717) is 0 Å². The lowest BCUT2D eigenvalue weighted by Gasteiger charge is -2.41. The van der Waals surface area contributed by atoms with E-state index < -0.39 is 39.7 Å². The Labute approximate surface area is 229 Å². The molecule has 0 amide bonds. The van der Waals surface area contributed by atoms with Gasteiger partial charge in [0.2, 0.25) is 0 Å². The summed E-state index contributed by atoms with van der Waals surface area (Å²) < 4.78 is 24.6. The second-order valence-electron chi connectivity index (χ2n) is 10.4. The maximum Gasteiger partial charge on any atom is 0.348 e. The van der Waals surface area contributed by atoms with Crippen LogP contribution in [0.2, 0.25) is 65.0 Å². The summed E-state index contributed by atoms with van der Waals surface area (Å²) in [5.74, 6) is -0.600. The van der Waals surface area contributed by atoms with Crippen LogP contribution in [-0.4, -0.2) is 64.8 Å². The molecule has 0 aliphatic heterocycles. The van der Waals surface area contributed by atoms with Gasteiger partial charge in [0.05, 0.1) is 6.61 Å². The summed E-state index contributed by atoms with van der Waals surface area (Å²) >= 11 is 0. The van der Waals surface area contributed by atoms with Gasteiger partial charge in [0.25, 0.3) is 0 Å². The van der Waals surface area contributed by atoms with Crippen LogP contribution in [0.1, 0.15) is 43.1 Å². The highest BCUT2D eigenvalue weighted by molar-refractivity contribution is 6.89. The van der Waals surface area contributed by atoms with E-state index in [1.54, 1.807) is 13.0 Å². The molecule has 0 fully saturated rings. The van der Waals surface area contributed by atoms with Gasteiger partial charge in [0.15, 0.2) is 16.6 Å². The lowest BCUT2D eigenvalue weighted by Crippen LogP contribution is -2.56. The Kier molecular flexibility index (Phi) is 23.9. The van der Waals surface area contributed by atoms with Crippen molar-refractivity contribution < 1.29 is 21.9 Å². The fourth-order valence-electron chi connectivity index (χ4n) is 3.42. The molecule has 0 bridgehead atoms. The summed E-state index contributed by atoms with van der Waals surface area (Å²) in [6.07, 6.45) is 5.94. The van der Waals surface area contributed by atoms with Crippen LogP contribution >= 0.6 is 0 Å². The quantitative estimate of drug-likeness (QED) is 0.0679. The third kappa shape index (κ3) is 22.2. The van der Waals surface area contributed by atoms with Gasteiger partial charge in [-0.25, -0.2) is 4.79 Å². The Bertz CT molecular complexity index is 711. The molecule has 0 saturated carbocycles. The van der Waals surface area contributed by atoms with Crippen LogP contribution in [0.25, 0.3) is 0 Å². The van der Waals surface area contributed by atoms with E-state index in [0.717, 1.165) is 19.0 Å². The predicted molar refractivity (Wildman–Crippen MR) is 167 cm³/mol. The van der Waals surface area contributed by atoms with E-state index in [2.05, 4.69) is 58.9 Å². The first kappa shape index (κ1) is 44.9. The van der Waals surface area contributed by atoms with Crippen LogP contribution < -0.4 is 0 Å². The van der Waals surface area contributed by atoms with Gasteiger partial charge in [-0.3, -0.25) is 0 Å². The summed E-state index contributed by atoms with van der Waals surface area (Å²) in [6.45, 7) is 22.4. The number of rotatable bonds is 14. The number of allylic oxidation sites excluding steroid dienone is 2. The topological polar surface area (TPSA) is 81.0 Å². The van der Waals surface area contributed by atoms with Crippen LogP contribution in [0.4, 0.5) is 0 Å². The average molecular weight is 581 g/mol. The smallest absolute Gasteiger partial charge is 0.348 e. The second-order valence-corrected chi connectivity index (χ2v) is 26.9. The third-order valence-corrected chi connectivity index (χ3v) is 17.4. The summed E-state index contributed by atoms with van der Waals surface area (Å²) in [5, 5.41) is 9.08. The second kappa shape index (κ2) is 19.1. The minimum absolute atomic E-state index is 0. The average Bonchev–Trinajstić information content (AvgIpc) is 2.53. The van der Waals surface area contributed by atoms with Crippen molar-refractivity contribution >= 4 is 39.7 Å². The molecule has 0 saturated heterocycles. The van der Waals surface area contributed by atoms with Crippen molar-refractivity contribution in [2.75, 3.05) is 20.2 Å². The zero-order valence-electron chi connectivity index (χ0n) is 22.0. The molecule has 0 aromatic heterocycles.